The summed E-state index contributed by atoms with van der Waals surface area (Å²) in [5, 5.41) is 0. The predicted molar refractivity (Wildman–Crippen MR) is 102 cm³/mol. The number of ether oxygens (including phenoxy) is 1. The Balaban J connectivity index is 1.87. The Labute approximate surface area is 157 Å². The molecule has 1 aromatic heterocycles. The molecule has 26 heavy (non-hydrogen) atoms. The maximum absolute atomic E-state index is 13.0. The first-order chi connectivity index (χ1) is 12.3. The lowest BCUT2D eigenvalue weighted by atomic mass is 10.1. The molecule has 1 fully saturated rings. The van der Waals surface area contributed by atoms with Crippen LogP contribution in [0.1, 0.15) is 29.1 Å². The van der Waals surface area contributed by atoms with Crippen LogP contribution in [-0.4, -0.2) is 44.5 Å². The second kappa shape index (κ2) is 7.38. The first kappa shape index (κ1) is 18.9. The zero-order chi connectivity index (χ0) is 18.9. The van der Waals surface area contributed by atoms with Crippen molar-refractivity contribution in [1.29, 1.82) is 0 Å². The summed E-state index contributed by atoms with van der Waals surface area (Å²) in [6.45, 7) is 6.65. The van der Waals surface area contributed by atoms with E-state index >= 15 is 0 Å². The molecule has 0 aliphatic carbocycles. The van der Waals surface area contributed by atoms with Gasteiger partial charge in [0.05, 0.1) is 23.5 Å². The largest absolute Gasteiger partial charge is 0.372 e. The standard InChI is InChI=1S/C18H22N2O4S2/c1-12-10-20(11-13(2)24-12)18(21)15-6-4-5-7-16(15)19-26(22,23)17-9-8-14(3)25-17/h4-9,12-13,19H,10-11H2,1-3H3. The fourth-order valence-corrected chi connectivity index (χ4v) is 5.39. The summed E-state index contributed by atoms with van der Waals surface area (Å²) in [5.41, 5.74) is 0.626. The minimum atomic E-state index is -3.73. The first-order valence-corrected chi connectivity index (χ1v) is 10.7. The van der Waals surface area contributed by atoms with Crippen molar-refractivity contribution in [3.05, 3.63) is 46.8 Å². The van der Waals surface area contributed by atoms with Crippen LogP contribution in [0.25, 0.3) is 0 Å². The molecule has 140 valence electrons. The number of hydrogen-bond acceptors (Lipinski definition) is 5. The quantitative estimate of drug-likeness (QED) is 0.865. The number of nitrogens with zero attached hydrogens (tertiary/aromatic N) is 1. The Bertz CT molecular complexity index is 897. The Morgan fingerprint density at radius 3 is 2.42 bits per heavy atom. The molecule has 1 aliphatic rings. The van der Waals surface area contributed by atoms with Gasteiger partial charge in [0.2, 0.25) is 0 Å². The highest BCUT2D eigenvalue weighted by atomic mass is 32.2. The summed E-state index contributed by atoms with van der Waals surface area (Å²) < 4.78 is 33.7. The third-order valence-corrected chi connectivity index (χ3v) is 6.95. The van der Waals surface area contributed by atoms with Crippen molar-refractivity contribution in [2.24, 2.45) is 0 Å². The minimum absolute atomic E-state index is 0.0550. The van der Waals surface area contributed by atoms with Crippen molar-refractivity contribution in [2.75, 3.05) is 17.8 Å². The van der Waals surface area contributed by atoms with E-state index in [9.17, 15) is 13.2 Å². The van der Waals surface area contributed by atoms with Crippen molar-refractivity contribution in [1.82, 2.24) is 4.90 Å². The number of rotatable bonds is 4. The average Bonchev–Trinajstić information content (AvgIpc) is 3.01. The molecule has 0 radical (unpaired) electrons. The zero-order valence-corrected chi connectivity index (χ0v) is 16.6. The molecule has 1 aromatic carbocycles. The number of para-hydroxylation sites is 1. The average molecular weight is 395 g/mol. The molecule has 2 heterocycles. The fraction of sp³-hybridized carbons (Fsp3) is 0.389. The van der Waals surface area contributed by atoms with E-state index in [0.29, 0.717) is 18.7 Å². The van der Waals surface area contributed by atoms with Crippen LogP contribution in [0.4, 0.5) is 5.69 Å². The lowest BCUT2D eigenvalue weighted by molar-refractivity contribution is -0.0585. The van der Waals surface area contributed by atoms with Crippen LogP contribution in [0, 0.1) is 6.92 Å². The number of sulfonamides is 1. The summed E-state index contributed by atoms with van der Waals surface area (Å²) in [4.78, 5) is 15.6. The second-order valence-electron chi connectivity index (χ2n) is 6.48. The van der Waals surface area contributed by atoms with E-state index in [1.54, 1.807) is 41.3 Å². The molecule has 8 heteroatoms. The molecule has 1 saturated heterocycles. The monoisotopic (exact) mass is 394 g/mol. The number of nitrogens with one attached hydrogen (secondary N) is 1. The Morgan fingerprint density at radius 1 is 1.15 bits per heavy atom. The fourth-order valence-electron chi connectivity index (χ4n) is 3.02. The van der Waals surface area contributed by atoms with Crippen molar-refractivity contribution >= 4 is 33.0 Å². The highest BCUT2D eigenvalue weighted by Gasteiger charge is 2.28. The van der Waals surface area contributed by atoms with E-state index in [4.69, 9.17) is 4.74 Å². The molecular formula is C18H22N2O4S2. The number of anilines is 1. The molecule has 2 atom stereocenters. The van der Waals surface area contributed by atoms with Crippen molar-refractivity contribution in [3.63, 3.8) is 0 Å². The summed E-state index contributed by atoms with van der Waals surface area (Å²) >= 11 is 1.19. The molecule has 2 aromatic rings. The van der Waals surface area contributed by atoms with Gasteiger partial charge in [-0.25, -0.2) is 8.42 Å². The van der Waals surface area contributed by atoms with Crippen molar-refractivity contribution in [2.45, 2.75) is 37.2 Å². The highest BCUT2D eigenvalue weighted by Crippen LogP contribution is 2.26. The lowest BCUT2D eigenvalue weighted by Gasteiger charge is -2.35. The molecule has 2 unspecified atom stereocenters. The van der Waals surface area contributed by atoms with Crippen molar-refractivity contribution < 1.29 is 17.9 Å². The molecule has 6 nitrogen and oxygen atoms in total. The van der Waals surface area contributed by atoms with Gasteiger partial charge >= 0.3 is 0 Å². The van der Waals surface area contributed by atoms with Gasteiger partial charge in [-0.05, 0) is 45.0 Å². The number of aryl methyl sites for hydroxylation is 1. The van der Waals surface area contributed by atoms with E-state index in [0.717, 1.165) is 4.88 Å². The van der Waals surface area contributed by atoms with Crippen LogP contribution in [-0.2, 0) is 14.8 Å². The van der Waals surface area contributed by atoms with Crippen LogP contribution >= 0.6 is 11.3 Å². The van der Waals surface area contributed by atoms with Gasteiger partial charge in [-0.2, -0.15) is 0 Å². The summed E-state index contributed by atoms with van der Waals surface area (Å²) in [6, 6.07) is 10.0. The predicted octanol–water partition coefficient (Wildman–Crippen LogP) is 3.11. The van der Waals surface area contributed by atoms with Gasteiger partial charge in [-0.3, -0.25) is 9.52 Å². The van der Waals surface area contributed by atoms with E-state index in [1.807, 2.05) is 20.8 Å². The Kier molecular flexibility index (Phi) is 5.36. The maximum Gasteiger partial charge on any atom is 0.271 e. The first-order valence-electron chi connectivity index (χ1n) is 8.39. The third kappa shape index (κ3) is 4.08. The molecule has 0 bridgehead atoms. The maximum atomic E-state index is 13.0. The van der Waals surface area contributed by atoms with Crippen LogP contribution in [0.15, 0.2) is 40.6 Å². The van der Waals surface area contributed by atoms with Crippen LogP contribution in [0.2, 0.25) is 0 Å². The highest BCUT2D eigenvalue weighted by molar-refractivity contribution is 7.94. The van der Waals surface area contributed by atoms with Gasteiger partial charge < -0.3 is 9.64 Å². The molecule has 0 spiro atoms. The van der Waals surface area contributed by atoms with Gasteiger partial charge in [-0.1, -0.05) is 12.1 Å². The molecule has 1 N–H and O–H groups in total. The van der Waals surface area contributed by atoms with E-state index in [-0.39, 0.29) is 28.0 Å². The van der Waals surface area contributed by atoms with Gasteiger partial charge in [0.15, 0.2) is 0 Å². The molecule has 1 amide bonds. The van der Waals surface area contributed by atoms with E-state index in [2.05, 4.69) is 4.72 Å². The van der Waals surface area contributed by atoms with Crippen LogP contribution < -0.4 is 4.72 Å². The number of carbonyl (C=O) groups is 1. The number of hydrogen-bond donors (Lipinski definition) is 1. The smallest absolute Gasteiger partial charge is 0.271 e. The van der Waals surface area contributed by atoms with Crippen LogP contribution in [0.3, 0.4) is 0 Å². The molecule has 0 saturated carbocycles. The number of benzene rings is 1. The second-order valence-corrected chi connectivity index (χ2v) is 9.68. The SMILES string of the molecule is Cc1ccc(S(=O)(=O)Nc2ccccc2C(=O)N2CC(C)OC(C)C2)s1. The van der Waals surface area contributed by atoms with Gasteiger partial charge in [0.25, 0.3) is 15.9 Å². The topological polar surface area (TPSA) is 75.7 Å². The van der Waals surface area contributed by atoms with Crippen LogP contribution in [0.5, 0.6) is 0 Å². The van der Waals surface area contributed by atoms with Gasteiger partial charge in [-0.15, -0.1) is 11.3 Å². The number of thiophene rings is 1. The van der Waals surface area contributed by atoms with Gasteiger partial charge in [0.1, 0.15) is 4.21 Å². The number of carbonyl (C=O) groups excluding carboxylic acids is 1. The Morgan fingerprint density at radius 2 is 1.81 bits per heavy atom. The van der Waals surface area contributed by atoms with E-state index < -0.39 is 10.0 Å². The summed E-state index contributed by atoms with van der Waals surface area (Å²) in [7, 11) is -3.73. The van der Waals surface area contributed by atoms with Gasteiger partial charge in [0, 0.05) is 18.0 Å². The van der Waals surface area contributed by atoms with E-state index in [1.165, 1.54) is 11.3 Å². The lowest BCUT2D eigenvalue weighted by Crippen LogP contribution is -2.48. The molecular weight excluding hydrogens is 372 g/mol. The number of morpholine rings is 1. The zero-order valence-electron chi connectivity index (χ0n) is 14.9. The van der Waals surface area contributed by atoms with Crippen molar-refractivity contribution in [3.8, 4) is 0 Å². The number of amides is 1. The Hall–Kier alpha value is -1.90. The third-order valence-electron chi connectivity index (χ3n) is 4.09. The minimum Gasteiger partial charge on any atom is -0.372 e. The molecule has 3 rings (SSSR count). The summed E-state index contributed by atoms with van der Waals surface area (Å²) in [5.74, 6) is -0.201. The summed E-state index contributed by atoms with van der Waals surface area (Å²) in [6.07, 6.45) is -0.110. The normalized spacial score (nSPS) is 20.8. The molecule has 1 aliphatic heterocycles.